The topological polar surface area (TPSA) is 96.0 Å². The van der Waals surface area contributed by atoms with Gasteiger partial charge in [-0.25, -0.2) is 0 Å². The predicted octanol–water partition coefficient (Wildman–Crippen LogP) is 4.34. The number of esters is 2. The second-order valence-electron chi connectivity index (χ2n) is 8.01. The molecule has 0 amide bonds. The molecular weight excluding hydrogens is 486 g/mol. The van der Waals surface area contributed by atoms with E-state index in [1.807, 2.05) is 0 Å². The minimum Gasteiger partial charge on any atom is -0.465 e. The first-order valence-corrected chi connectivity index (χ1v) is 10.6. The van der Waals surface area contributed by atoms with Crippen LogP contribution in [0.5, 0.6) is 0 Å². The first kappa shape index (κ1) is 28.7. The molecule has 1 rings (SSSR count). The van der Waals surface area contributed by atoms with Crippen molar-refractivity contribution < 1.29 is 58.0 Å². The number of ether oxygens (including phenoxy) is 2. The highest BCUT2D eigenvalue weighted by molar-refractivity contribution is 7.86. The molecule has 0 heterocycles. The van der Waals surface area contributed by atoms with Gasteiger partial charge in [0.2, 0.25) is 0 Å². The number of hydrogen-bond acceptors (Lipinski definition) is 7. The van der Waals surface area contributed by atoms with E-state index in [4.69, 9.17) is 9.47 Å². The third-order valence-corrected chi connectivity index (χ3v) is 5.17. The van der Waals surface area contributed by atoms with Gasteiger partial charge in [-0.2, -0.15) is 34.8 Å². The summed E-state index contributed by atoms with van der Waals surface area (Å²) in [5, 5.41) is 0. The number of alkyl halides is 6. The minimum atomic E-state index is -5.30. The molecule has 1 aromatic carbocycles. The molecule has 0 aromatic heterocycles. The molecule has 0 bridgehead atoms. The summed E-state index contributed by atoms with van der Waals surface area (Å²) < 4.78 is 117. The fourth-order valence-corrected chi connectivity index (χ4v) is 3.29. The Kier molecular flexibility index (Phi) is 8.25. The molecule has 188 valence electrons. The molecule has 0 saturated carbocycles. The van der Waals surface area contributed by atoms with Crippen molar-refractivity contribution in [3.05, 3.63) is 29.3 Å². The lowest BCUT2D eigenvalue weighted by Crippen LogP contribution is -2.46. The molecule has 7 nitrogen and oxygen atoms in total. The Morgan fingerprint density at radius 3 is 1.67 bits per heavy atom. The molecule has 1 unspecified atom stereocenters. The summed E-state index contributed by atoms with van der Waals surface area (Å²) in [7, 11) is -5.30. The molecule has 0 aliphatic carbocycles. The van der Waals surface area contributed by atoms with Gasteiger partial charge in [0.1, 0.15) is 5.60 Å². The van der Waals surface area contributed by atoms with Gasteiger partial charge in [0.25, 0.3) is 10.1 Å². The molecular formula is C19H22F6O7S. The van der Waals surface area contributed by atoms with Gasteiger partial charge in [-0.15, -0.1) is 0 Å². The van der Waals surface area contributed by atoms with Gasteiger partial charge in [0, 0.05) is 0 Å². The summed E-state index contributed by atoms with van der Waals surface area (Å²) in [5.41, 5.74) is -7.31. The van der Waals surface area contributed by atoms with Crippen LogP contribution in [-0.2, 0) is 45.7 Å². The number of rotatable bonds is 7. The zero-order valence-corrected chi connectivity index (χ0v) is 19.0. The van der Waals surface area contributed by atoms with Crippen molar-refractivity contribution in [1.29, 1.82) is 0 Å². The highest BCUT2D eigenvalue weighted by Crippen LogP contribution is 2.38. The van der Waals surface area contributed by atoms with E-state index in [0.717, 1.165) is 6.92 Å². The standard InChI is InChI=1S/C19H22F6O7S/c1-6-30-14(26)17(5,15(27)32-16(2,3)4)10-31-33(28,29)13-8-11(18(20,21)22)7-12(9-13)19(23,24)25/h7-9H,6,10H2,1-5H3. The third kappa shape index (κ3) is 7.59. The van der Waals surface area contributed by atoms with Crippen molar-refractivity contribution in [2.24, 2.45) is 5.41 Å². The molecule has 0 saturated heterocycles. The average Bonchev–Trinajstić information content (AvgIpc) is 2.63. The van der Waals surface area contributed by atoms with E-state index in [0.29, 0.717) is 0 Å². The average molecular weight is 508 g/mol. The Balaban J connectivity index is 3.43. The molecule has 0 aliphatic heterocycles. The summed E-state index contributed by atoms with van der Waals surface area (Å²) in [6.45, 7) is 5.07. The third-order valence-electron chi connectivity index (χ3n) is 3.93. The van der Waals surface area contributed by atoms with Crippen LogP contribution < -0.4 is 0 Å². The Bertz CT molecular complexity index is 961. The Morgan fingerprint density at radius 1 is 0.848 bits per heavy atom. The van der Waals surface area contributed by atoms with Crippen LogP contribution in [0, 0.1) is 5.41 Å². The molecule has 1 atom stereocenters. The van der Waals surface area contributed by atoms with Gasteiger partial charge in [0.05, 0.1) is 29.2 Å². The lowest BCUT2D eigenvalue weighted by molar-refractivity contribution is -0.180. The normalized spacial score (nSPS) is 15.0. The first-order valence-electron chi connectivity index (χ1n) is 9.23. The number of benzene rings is 1. The van der Waals surface area contributed by atoms with Crippen LogP contribution in [0.25, 0.3) is 0 Å². The van der Waals surface area contributed by atoms with Crippen LogP contribution in [0.3, 0.4) is 0 Å². The number of hydrogen-bond donors (Lipinski definition) is 0. The fourth-order valence-electron chi connectivity index (χ4n) is 2.22. The van der Waals surface area contributed by atoms with Gasteiger partial charge in [0.15, 0.2) is 5.41 Å². The van der Waals surface area contributed by atoms with Crippen molar-refractivity contribution in [3.8, 4) is 0 Å². The molecule has 33 heavy (non-hydrogen) atoms. The van der Waals surface area contributed by atoms with Crippen LogP contribution in [0.1, 0.15) is 45.7 Å². The SMILES string of the molecule is CCOC(=O)C(C)(COS(=O)(=O)c1cc(C(F)(F)F)cc(C(F)(F)F)c1)C(=O)OC(C)(C)C. The second-order valence-corrected chi connectivity index (χ2v) is 9.63. The summed E-state index contributed by atoms with van der Waals surface area (Å²) in [6.07, 6.45) is -10.6. The van der Waals surface area contributed by atoms with Crippen molar-refractivity contribution >= 4 is 22.1 Å². The summed E-state index contributed by atoms with van der Waals surface area (Å²) >= 11 is 0. The molecule has 0 spiro atoms. The van der Waals surface area contributed by atoms with Crippen LogP contribution >= 0.6 is 0 Å². The zero-order chi connectivity index (χ0) is 26.0. The van der Waals surface area contributed by atoms with Crippen molar-refractivity contribution in [2.75, 3.05) is 13.2 Å². The van der Waals surface area contributed by atoms with E-state index in [1.165, 1.54) is 27.7 Å². The molecule has 0 radical (unpaired) electrons. The molecule has 0 fully saturated rings. The van der Waals surface area contributed by atoms with E-state index < -0.39 is 68.1 Å². The zero-order valence-electron chi connectivity index (χ0n) is 18.2. The van der Waals surface area contributed by atoms with Crippen molar-refractivity contribution in [2.45, 2.75) is 57.5 Å². The van der Waals surface area contributed by atoms with Gasteiger partial charge in [-0.3, -0.25) is 13.8 Å². The largest absolute Gasteiger partial charge is 0.465 e. The van der Waals surface area contributed by atoms with Crippen molar-refractivity contribution in [1.82, 2.24) is 0 Å². The van der Waals surface area contributed by atoms with E-state index in [1.54, 1.807) is 0 Å². The van der Waals surface area contributed by atoms with E-state index in [-0.39, 0.29) is 24.8 Å². The molecule has 0 aliphatic rings. The van der Waals surface area contributed by atoms with Crippen molar-refractivity contribution in [3.63, 3.8) is 0 Å². The second kappa shape index (κ2) is 9.49. The molecule has 14 heteroatoms. The van der Waals surface area contributed by atoms with E-state index >= 15 is 0 Å². The Labute approximate surface area is 186 Å². The Morgan fingerprint density at radius 2 is 1.30 bits per heavy atom. The predicted molar refractivity (Wildman–Crippen MR) is 100 cm³/mol. The monoisotopic (exact) mass is 508 g/mol. The van der Waals surface area contributed by atoms with Crippen LogP contribution in [0.2, 0.25) is 0 Å². The maximum Gasteiger partial charge on any atom is 0.416 e. The van der Waals surface area contributed by atoms with Gasteiger partial charge < -0.3 is 9.47 Å². The first-order chi connectivity index (χ1) is 14.6. The minimum absolute atomic E-state index is 0.0558. The lowest BCUT2D eigenvalue weighted by Gasteiger charge is -2.29. The smallest absolute Gasteiger partial charge is 0.416 e. The van der Waals surface area contributed by atoms with Gasteiger partial charge >= 0.3 is 24.3 Å². The number of halogens is 6. The lowest BCUT2D eigenvalue weighted by atomic mass is 9.92. The summed E-state index contributed by atoms with van der Waals surface area (Å²) in [6, 6.07) is -0.373. The summed E-state index contributed by atoms with van der Waals surface area (Å²) in [4.78, 5) is 23.4. The fraction of sp³-hybridized carbons (Fsp3) is 0.579. The maximum absolute atomic E-state index is 13.0. The summed E-state index contributed by atoms with van der Waals surface area (Å²) in [5.74, 6) is -2.54. The maximum atomic E-state index is 13.0. The van der Waals surface area contributed by atoms with E-state index in [9.17, 15) is 44.3 Å². The molecule has 1 aromatic rings. The number of carbonyl (C=O) groups excluding carboxylic acids is 2. The van der Waals surface area contributed by atoms with E-state index in [2.05, 4.69) is 4.18 Å². The molecule has 0 N–H and O–H groups in total. The Hall–Kier alpha value is -2.35. The number of carbonyl (C=O) groups is 2. The van der Waals surface area contributed by atoms with Gasteiger partial charge in [-0.1, -0.05) is 0 Å². The highest BCUT2D eigenvalue weighted by Gasteiger charge is 2.48. The van der Waals surface area contributed by atoms with Gasteiger partial charge in [-0.05, 0) is 52.8 Å². The quantitative estimate of drug-likeness (QED) is 0.234. The van der Waals surface area contributed by atoms with Crippen LogP contribution in [0.4, 0.5) is 26.3 Å². The van der Waals surface area contributed by atoms with Crippen LogP contribution in [0.15, 0.2) is 23.1 Å². The highest BCUT2D eigenvalue weighted by atomic mass is 32.2. The van der Waals surface area contributed by atoms with Crippen LogP contribution in [-0.4, -0.2) is 39.2 Å².